The molecule has 0 saturated carbocycles. The summed E-state index contributed by atoms with van der Waals surface area (Å²) in [6.07, 6.45) is 1.68. The molecule has 0 bridgehead atoms. The maximum Gasteiger partial charge on any atom is 0.253 e. The minimum atomic E-state index is -0.506. The first-order valence-corrected chi connectivity index (χ1v) is 7.53. The number of rotatable bonds is 7. The van der Waals surface area contributed by atoms with E-state index in [-0.39, 0.29) is 0 Å². The van der Waals surface area contributed by atoms with Crippen LogP contribution in [0.5, 0.6) is 5.75 Å². The predicted molar refractivity (Wildman–Crippen MR) is 93.2 cm³/mol. The number of aromatic nitrogens is 1. The van der Waals surface area contributed by atoms with Crippen molar-refractivity contribution in [2.75, 3.05) is 17.7 Å². The molecule has 0 radical (unpaired) electrons. The standard InChI is InChI=1S/C18H17N3O3/c1-24-14-8-3-2-6-12(14)10-20-15-16(18(23)17(15)22)21-11-13-7-4-5-9-19-13/h2-9,20-21H,10-11H2,1H3. The van der Waals surface area contributed by atoms with Gasteiger partial charge in [-0.25, -0.2) is 0 Å². The average molecular weight is 323 g/mol. The lowest BCUT2D eigenvalue weighted by atomic mass is 10.1. The molecule has 122 valence electrons. The summed E-state index contributed by atoms with van der Waals surface area (Å²) >= 11 is 0. The zero-order valence-corrected chi connectivity index (χ0v) is 13.2. The van der Waals surface area contributed by atoms with Crippen LogP contribution in [-0.4, -0.2) is 12.1 Å². The number of ether oxygens (including phenoxy) is 1. The molecule has 1 aromatic heterocycles. The van der Waals surface area contributed by atoms with E-state index in [1.807, 2.05) is 42.5 Å². The normalized spacial score (nSPS) is 10.5. The van der Waals surface area contributed by atoms with Crippen molar-refractivity contribution in [2.45, 2.75) is 13.1 Å². The van der Waals surface area contributed by atoms with Gasteiger partial charge in [-0.15, -0.1) is 0 Å². The molecular formula is C18H17N3O3. The number of nitrogens with zero attached hydrogens (tertiary/aromatic N) is 1. The molecule has 3 aromatic rings. The van der Waals surface area contributed by atoms with Crippen LogP contribution in [-0.2, 0) is 13.1 Å². The second-order valence-corrected chi connectivity index (χ2v) is 5.25. The van der Waals surface area contributed by atoms with Crippen LogP contribution in [0.1, 0.15) is 11.3 Å². The molecular weight excluding hydrogens is 306 g/mol. The van der Waals surface area contributed by atoms with E-state index in [4.69, 9.17) is 4.74 Å². The van der Waals surface area contributed by atoms with Crippen LogP contribution in [0.15, 0.2) is 58.3 Å². The monoisotopic (exact) mass is 323 g/mol. The number of methoxy groups -OCH3 is 1. The Labute approximate surface area is 138 Å². The first-order valence-electron chi connectivity index (χ1n) is 7.53. The van der Waals surface area contributed by atoms with Crippen LogP contribution < -0.4 is 26.2 Å². The fourth-order valence-electron chi connectivity index (χ4n) is 2.44. The maximum absolute atomic E-state index is 11.8. The minimum absolute atomic E-state index is 0.306. The molecule has 6 nitrogen and oxygen atoms in total. The highest BCUT2D eigenvalue weighted by Gasteiger charge is 2.20. The van der Waals surface area contributed by atoms with Crippen molar-refractivity contribution in [1.29, 1.82) is 0 Å². The Bertz CT molecular complexity index is 899. The fourth-order valence-corrected chi connectivity index (χ4v) is 2.44. The lowest BCUT2D eigenvalue weighted by Crippen LogP contribution is -2.37. The number of nitrogens with one attached hydrogen (secondary N) is 2. The summed E-state index contributed by atoms with van der Waals surface area (Å²) in [4.78, 5) is 27.8. The third-order valence-electron chi connectivity index (χ3n) is 3.73. The summed E-state index contributed by atoms with van der Waals surface area (Å²) in [5, 5.41) is 6.01. The van der Waals surface area contributed by atoms with Gasteiger partial charge in [-0.3, -0.25) is 14.6 Å². The van der Waals surface area contributed by atoms with E-state index in [1.54, 1.807) is 13.3 Å². The molecule has 0 atom stereocenters. The summed E-state index contributed by atoms with van der Waals surface area (Å²) < 4.78 is 5.28. The van der Waals surface area contributed by atoms with Gasteiger partial charge in [-0.2, -0.15) is 0 Å². The maximum atomic E-state index is 11.8. The van der Waals surface area contributed by atoms with Gasteiger partial charge in [0.2, 0.25) is 0 Å². The molecule has 2 N–H and O–H groups in total. The van der Waals surface area contributed by atoms with Gasteiger partial charge >= 0.3 is 0 Å². The minimum Gasteiger partial charge on any atom is -0.496 e. The Balaban J connectivity index is 1.70. The van der Waals surface area contributed by atoms with E-state index >= 15 is 0 Å². The Morgan fingerprint density at radius 2 is 1.58 bits per heavy atom. The van der Waals surface area contributed by atoms with Crippen molar-refractivity contribution in [3.05, 3.63) is 80.4 Å². The van der Waals surface area contributed by atoms with E-state index in [2.05, 4.69) is 15.6 Å². The van der Waals surface area contributed by atoms with Crippen molar-refractivity contribution in [3.8, 4) is 5.75 Å². The summed E-state index contributed by atoms with van der Waals surface area (Å²) in [5.41, 5.74) is 1.30. The molecule has 0 saturated heterocycles. The number of hydrogen-bond acceptors (Lipinski definition) is 6. The van der Waals surface area contributed by atoms with Crippen LogP contribution in [0.25, 0.3) is 0 Å². The van der Waals surface area contributed by atoms with Crippen LogP contribution in [0, 0.1) is 0 Å². The molecule has 0 unspecified atom stereocenters. The van der Waals surface area contributed by atoms with Gasteiger partial charge in [0.15, 0.2) is 0 Å². The molecule has 0 aliphatic carbocycles. The Kier molecular flexibility index (Phi) is 4.56. The lowest BCUT2D eigenvalue weighted by molar-refractivity contribution is 0.410. The summed E-state index contributed by atoms with van der Waals surface area (Å²) in [6, 6.07) is 13.0. The second kappa shape index (κ2) is 6.95. The highest BCUT2D eigenvalue weighted by Crippen LogP contribution is 2.21. The third-order valence-corrected chi connectivity index (χ3v) is 3.73. The van der Waals surface area contributed by atoms with E-state index in [9.17, 15) is 9.59 Å². The number of pyridine rings is 1. The van der Waals surface area contributed by atoms with Crippen LogP contribution >= 0.6 is 0 Å². The topological polar surface area (TPSA) is 80.3 Å². The Hall–Kier alpha value is -3.15. The van der Waals surface area contributed by atoms with Gasteiger partial charge in [-0.1, -0.05) is 24.3 Å². The number of anilines is 2. The van der Waals surface area contributed by atoms with Crippen LogP contribution in [0.4, 0.5) is 11.4 Å². The van der Waals surface area contributed by atoms with Gasteiger partial charge in [0, 0.05) is 18.3 Å². The van der Waals surface area contributed by atoms with Crippen LogP contribution in [0.3, 0.4) is 0 Å². The quantitative estimate of drug-likeness (QED) is 0.647. The van der Waals surface area contributed by atoms with E-state index in [0.29, 0.717) is 24.5 Å². The van der Waals surface area contributed by atoms with Crippen molar-refractivity contribution in [2.24, 2.45) is 0 Å². The fraction of sp³-hybridized carbons (Fsp3) is 0.167. The molecule has 6 heteroatoms. The molecule has 0 aliphatic rings. The Morgan fingerprint density at radius 3 is 2.25 bits per heavy atom. The molecule has 0 aliphatic heterocycles. The second-order valence-electron chi connectivity index (χ2n) is 5.25. The third kappa shape index (κ3) is 3.12. The molecule has 0 spiro atoms. The van der Waals surface area contributed by atoms with Gasteiger partial charge in [0.25, 0.3) is 10.9 Å². The SMILES string of the molecule is COc1ccccc1CNc1c(NCc2ccccn2)c(=O)c1=O. The van der Waals surface area contributed by atoms with Crippen molar-refractivity contribution < 1.29 is 4.74 Å². The van der Waals surface area contributed by atoms with Crippen molar-refractivity contribution in [3.63, 3.8) is 0 Å². The van der Waals surface area contributed by atoms with Gasteiger partial charge in [0.05, 0.1) is 19.3 Å². The first kappa shape index (κ1) is 15.7. The smallest absolute Gasteiger partial charge is 0.253 e. The lowest BCUT2D eigenvalue weighted by Gasteiger charge is -2.15. The number of para-hydroxylation sites is 1. The zero-order chi connectivity index (χ0) is 16.9. The van der Waals surface area contributed by atoms with E-state index < -0.39 is 10.9 Å². The molecule has 0 amide bonds. The summed E-state index contributed by atoms with van der Waals surface area (Å²) in [7, 11) is 1.59. The highest BCUT2D eigenvalue weighted by molar-refractivity contribution is 5.74. The van der Waals surface area contributed by atoms with Gasteiger partial charge < -0.3 is 15.4 Å². The van der Waals surface area contributed by atoms with Crippen LogP contribution in [0.2, 0.25) is 0 Å². The van der Waals surface area contributed by atoms with Gasteiger partial charge in [-0.05, 0) is 18.2 Å². The largest absolute Gasteiger partial charge is 0.496 e. The summed E-state index contributed by atoms with van der Waals surface area (Å²) in [6.45, 7) is 0.780. The molecule has 1 heterocycles. The first-order chi connectivity index (χ1) is 11.7. The van der Waals surface area contributed by atoms with E-state index in [0.717, 1.165) is 17.0 Å². The van der Waals surface area contributed by atoms with Gasteiger partial charge in [0.1, 0.15) is 17.1 Å². The predicted octanol–water partition coefficient (Wildman–Crippen LogP) is 1.91. The summed E-state index contributed by atoms with van der Waals surface area (Å²) in [5.74, 6) is 0.728. The molecule has 24 heavy (non-hydrogen) atoms. The van der Waals surface area contributed by atoms with Crippen molar-refractivity contribution >= 4 is 11.4 Å². The zero-order valence-electron chi connectivity index (χ0n) is 13.2. The Morgan fingerprint density at radius 1 is 0.917 bits per heavy atom. The number of hydrogen-bond donors (Lipinski definition) is 2. The molecule has 3 rings (SSSR count). The van der Waals surface area contributed by atoms with Crippen molar-refractivity contribution in [1.82, 2.24) is 4.98 Å². The highest BCUT2D eigenvalue weighted by atomic mass is 16.5. The number of benzene rings is 1. The van der Waals surface area contributed by atoms with E-state index in [1.165, 1.54) is 0 Å². The average Bonchev–Trinajstić information content (AvgIpc) is 2.64. The molecule has 0 fully saturated rings. The molecule has 2 aromatic carbocycles.